The van der Waals surface area contributed by atoms with Gasteiger partial charge >= 0.3 is 0 Å². The van der Waals surface area contributed by atoms with Crippen LogP contribution >= 0.6 is 0 Å². The monoisotopic (exact) mass is 374 g/mol. The molecule has 1 aliphatic heterocycles. The van der Waals surface area contributed by atoms with Gasteiger partial charge in [-0.25, -0.2) is 4.98 Å². The second kappa shape index (κ2) is 7.98. The minimum atomic E-state index is -0.596. The number of nitrogens with one attached hydrogen (secondary N) is 1. The highest BCUT2D eigenvalue weighted by Gasteiger charge is 2.38. The van der Waals surface area contributed by atoms with E-state index in [0.717, 1.165) is 47.6 Å². The number of para-hydroxylation sites is 1. The van der Waals surface area contributed by atoms with Crippen LogP contribution in [0, 0.1) is 0 Å². The van der Waals surface area contributed by atoms with E-state index in [2.05, 4.69) is 23.0 Å². The van der Waals surface area contributed by atoms with Crippen molar-refractivity contribution in [2.75, 3.05) is 4.90 Å². The maximum atomic E-state index is 13.4. The first-order valence-electron chi connectivity index (χ1n) is 9.91. The van der Waals surface area contributed by atoms with Gasteiger partial charge in [-0.15, -0.1) is 0 Å². The molecule has 5 nitrogen and oxygen atoms in total. The zero-order valence-corrected chi connectivity index (χ0v) is 16.1. The fourth-order valence-electron chi connectivity index (χ4n) is 3.95. The highest BCUT2D eigenvalue weighted by atomic mass is 16.2. The second-order valence-electron chi connectivity index (χ2n) is 7.40. The lowest BCUT2D eigenvalue weighted by atomic mass is 10.0. The summed E-state index contributed by atoms with van der Waals surface area (Å²) >= 11 is 0. The van der Waals surface area contributed by atoms with Crippen LogP contribution in [0.2, 0.25) is 0 Å². The number of benzene rings is 2. The minimum absolute atomic E-state index is 0.0627. The molecule has 1 aromatic heterocycles. The number of hydrogen-bond donors (Lipinski definition) is 2. The fraction of sp³-hybridized carbons (Fsp3) is 0.304. The topological polar surface area (TPSA) is 75.0 Å². The number of H-pyrrole nitrogens is 1. The molecule has 0 radical (unpaired) electrons. The number of imidazole rings is 1. The summed E-state index contributed by atoms with van der Waals surface area (Å²) in [5, 5.41) is 0. The van der Waals surface area contributed by atoms with Crippen LogP contribution in [0.4, 0.5) is 5.69 Å². The van der Waals surface area contributed by atoms with Crippen LogP contribution in [-0.4, -0.2) is 21.9 Å². The summed E-state index contributed by atoms with van der Waals surface area (Å²) in [4.78, 5) is 23.2. The van der Waals surface area contributed by atoms with Crippen molar-refractivity contribution in [2.24, 2.45) is 5.73 Å². The third kappa shape index (κ3) is 3.58. The van der Waals surface area contributed by atoms with Gasteiger partial charge in [0.25, 0.3) is 0 Å². The lowest BCUT2D eigenvalue weighted by molar-refractivity contribution is -0.120. The Morgan fingerprint density at radius 1 is 1.21 bits per heavy atom. The number of amides is 1. The normalized spacial score (nSPS) is 16.8. The molecule has 0 fully saturated rings. The van der Waals surface area contributed by atoms with Crippen molar-refractivity contribution < 1.29 is 4.79 Å². The van der Waals surface area contributed by atoms with Crippen LogP contribution in [0.15, 0.2) is 60.8 Å². The van der Waals surface area contributed by atoms with E-state index in [4.69, 9.17) is 5.73 Å². The van der Waals surface area contributed by atoms with Crippen molar-refractivity contribution >= 4 is 11.6 Å². The molecule has 0 bridgehead atoms. The second-order valence-corrected chi connectivity index (χ2v) is 7.40. The molecule has 2 heterocycles. The summed E-state index contributed by atoms with van der Waals surface area (Å²) in [6, 6.07) is 17.2. The van der Waals surface area contributed by atoms with Crippen molar-refractivity contribution in [3.05, 3.63) is 83.4 Å². The maximum Gasteiger partial charge on any atom is 0.244 e. The predicted octanol–water partition coefficient (Wildman–Crippen LogP) is 3.56. The third-order valence-corrected chi connectivity index (χ3v) is 5.31. The molecule has 28 heavy (non-hydrogen) atoms. The first kappa shape index (κ1) is 18.4. The number of nitrogens with zero attached hydrogens (tertiary/aromatic N) is 2. The standard InChI is InChI=1S/C23H26N4O/c1-2-8-18-15-25-22(26-18)21-14-17-11-6-7-12-20(17)27(21)23(28)19(24)13-16-9-4-3-5-10-16/h3-7,9-12,15,19,21H,2,8,13-14,24H2,1H3,(H,25,26)/t19-,21?/m0/s1. The van der Waals surface area contributed by atoms with Crippen LogP contribution < -0.4 is 10.6 Å². The predicted molar refractivity (Wildman–Crippen MR) is 111 cm³/mol. The number of aromatic nitrogens is 2. The summed E-state index contributed by atoms with van der Waals surface area (Å²) in [7, 11) is 0. The average Bonchev–Trinajstić information content (AvgIpc) is 3.33. The quantitative estimate of drug-likeness (QED) is 0.693. The van der Waals surface area contributed by atoms with Gasteiger partial charge in [-0.05, 0) is 30.0 Å². The molecular formula is C23H26N4O. The van der Waals surface area contributed by atoms with Gasteiger partial charge in [0.2, 0.25) is 5.91 Å². The molecule has 4 rings (SSSR count). The number of aryl methyl sites for hydroxylation is 1. The SMILES string of the molecule is CCCc1cnc(C2Cc3ccccc3N2C(=O)[C@@H](N)Cc2ccccc2)[nH]1. The molecule has 1 aliphatic rings. The van der Waals surface area contributed by atoms with E-state index in [1.165, 1.54) is 0 Å². The number of aromatic amines is 1. The highest BCUT2D eigenvalue weighted by Crippen LogP contribution is 2.39. The third-order valence-electron chi connectivity index (χ3n) is 5.31. The molecule has 0 saturated carbocycles. The molecule has 2 aromatic carbocycles. The first-order valence-corrected chi connectivity index (χ1v) is 9.91. The fourth-order valence-corrected chi connectivity index (χ4v) is 3.95. The van der Waals surface area contributed by atoms with Crippen LogP contribution in [0.5, 0.6) is 0 Å². The molecule has 1 unspecified atom stereocenters. The van der Waals surface area contributed by atoms with Crippen LogP contribution in [0.3, 0.4) is 0 Å². The van der Waals surface area contributed by atoms with Gasteiger partial charge in [-0.3, -0.25) is 9.69 Å². The van der Waals surface area contributed by atoms with Crippen LogP contribution in [-0.2, 0) is 24.1 Å². The number of carbonyl (C=O) groups excluding carboxylic acids is 1. The Morgan fingerprint density at radius 3 is 2.75 bits per heavy atom. The van der Waals surface area contributed by atoms with E-state index in [9.17, 15) is 4.79 Å². The molecule has 1 amide bonds. The molecule has 0 spiro atoms. The molecule has 144 valence electrons. The zero-order chi connectivity index (χ0) is 19.5. The number of anilines is 1. The van der Waals surface area contributed by atoms with Gasteiger partial charge in [0.1, 0.15) is 5.82 Å². The number of hydrogen-bond acceptors (Lipinski definition) is 3. The van der Waals surface area contributed by atoms with E-state index in [1.807, 2.05) is 59.6 Å². The molecule has 3 aromatic rings. The highest BCUT2D eigenvalue weighted by molar-refractivity contribution is 5.99. The Labute approximate surface area is 165 Å². The Hall–Kier alpha value is -2.92. The number of carbonyl (C=O) groups is 1. The zero-order valence-electron chi connectivity index (χ0n) is 16.1. The Morgan fingerprint density at radius 2 is 1.96 bits per heavy atom. The summed E-state index contributed by atoms with van der Waals surface area (Å²) < 4.78 is 0. The molecule has 2 atom stereocenters. The van der Waals surface area contributed by atoms with Crippen molar-refractivity contribution in [3.63, 3.8) is 0 Å². The molecule has 3 N–H and O–H groups in total. The number of nitrogens with two attached hydrogens (primary N) is 1. The summed E-state index contributed by atoms with van der Waals surface area (Å²) in [5.74, 6) is 0.771. The van der Waals surface area contributed by atoms with Gasteiger partial charge in [0.15, 0.2) is 0 Å². The molecular weight excluding hydrogens is 348 g/mol. The molecule has 5 heteroatoms. The Kier molecular flexibility index (Phi) is 5.26. The molecule has 0 saturated heterocycles. The van der Waals surface area contributed by atoms with Gasteiger partial charge in [-0.1, -0.05) is 61.9 Å². The summed E-state index contributed by atoms with van der Waals surface area (Å²) in [5.41, 5.74) is 10.6. The first-order chi connectivity index (χ1) is 13.7. The van der Waals surface area contributed by atoms with E-state index < -0.39 is 6.04 Å². The lowest BCUT2D eigenvalue weighted by Gasteiger charge is -2.27. The van der Waals surface area contributed by atoms with Crippen molar-refractivity contribution in [1.29, 1.82) is 0 Å². The van der Waals surface area contributed by atoms with Crippen molar-refractivity contribution in [2.45, 2.75) is 44.7 Å². The van der Waals surface area contributed by atoms with Gasteiger partial charge in [-0.2, -0.15) is 0 Å². The van der Waals surface area contributed by atoms with Gasteiger partial charge in [0, 0.05) is 24.0 Å². The van der Waals surface area contributed by atoms with E-state index in [1.54, 1.807) is 0 Å². The summed E-state index contributed by atoms with van der Waals surface area (Å²) in [6.07, 6.45) is 5.16. The van der Waals surface area contributed by atoms with E-state index in [0.29, 0.717) is 6.42 Å². The largest absolute Gasteiger partial charge is 0.344 e. The minimum Gasteiger partial charge on any atom is -0.344 e. The Balaban J connectivity index is 1.62. The van der Waals surface area contributed by atoms with E-state index >= 15 is 0 Å². The van der Waals surface area contributed by atoms with Gasteiger partial charge < -0.3 is 10.7 Å². The van der Waals surface area contributed by atoms with Crippen molar-refractivity contribution in [3.8, 4) is 0 Å². The van der Waals surface area contributed by atoms with Crippen LogP contribution in [0.1, 0.15) is 42.0 Å². The van der Waals surface area contributed by atoms with Crippen molar-refractivity contribution in [1.82, 2.24) is 9.97 Å². The smallest absolute Gasteiger partial charge is 0.244 e. The Bertz CT molecular complexity index is 950. The summed E-state index contributed by atoms with van der Waals surface area (Å²) in [6.45, 7) is 2.14. The average molecular weight is 374 g/mol. The van der Waals surface area contributed by atoms with Crippen LogP contribution in [0.25, 0.3) is 0 Å². The van der Waals surface area contributed by atoms with Gasteiger partial charge in [0.05, 0.1) is 12.1 Å². The number of fused-ring (bicyclic) bond motifs is 1. The van der Waals surface area contributed by atoms with E-state index in [-0.39, 0.29) is 11.9 Å². The lowest BCUT2D eigenvalue weighted by Crippen LogP contribution is -2.45. The molecule has 0 aliphatic carbocycles. The number of rotatable bonds is 6. The maximum absolute atomic E-state index is 13.4.